The molecule has 0 fully saturated rings. The molecule has 3 N–H and O–H groups in total. The average molecular weight is 344 g/mol. The van der Waals surface area contributed by atoms with Crippen LogP contribution in [0.2, 0.25) is 0 Å². The van der Waals surface area contributed by atoms with Gasteiger partial charge in [-0.1, -0.05) is 12.1 Å². The quantitative estimate of drug-likeness (QED) is 0.502. The number of amides is 2. The molecule has 24 heavy (non-hydrogen) atoms. The molecule has 122 valence electrons. The minimum absolute atomic E-state index is 0.139. The van der Waals surface area contributed by atoms with Crippen molar-refractivity contribution in [1.29, 1.82) is 0 Å². The molecular weight excluding hydrogens is 331 g/mol. The molecule has 0 spiro atoms. The zero-order valence-electron chi connectivity index (χ0n) is 12.4. The molecule has 0 saturated carbocycles. The van der Waals surface area contributed by atoms with E-state index in [-0.39, 0.29) is 18.1 Å². The highest BCUT2D eigenvalue weighted by Crippen LogP contribution is 2.28. The van der Waals surface area contributed by atoms with Crippen molar-refractivity contribution in [2.45, 2.75) is 6.42 Å². The number of anilines is 1. The second-order valence-electron chi connectivity index (χ2n) is 5.16. The smallest absolute Gasteiger partial charge is 0.284 e. The number of hydroxylamine groups is 1. The Balaban J connectivity index is 1.73. The fraction of sp³-hybridized carbons (Fsp3) is 0.0588. The summed E-state index contributed by atoms with van der Waals surface area (Å²) in [6, 6.07) is 12.7. The Morgan fingerprint density at radius 3 is 2.54 bits per heavy atom. The Labute approximate surface area is 140 Å². The summed E-state index contributed by atoms with van der Waals surface area (Å²) in [6.45, 7) is 0. The van der Waals surface area contributed by atoms with E-state index in [0.717, 1.165) is 10.1 Å². The Kier molecular flexibility index (Phi) is 4.54. The number of halogens is 1. The maximum atomic E-state index is 12.9. The Hall–Kier alpha value is -2.77. The third-order valence-corrected chi connectivity index (χ3v) is 4.52. The molecule has 5 nitrogen and oxygen atoms in total. The summed E-state index contributed by atoms with van der Waals surface area (Å²) in [5.41, 5.74) is 2.91. The van der Waals surface area contributed by atoms with Crippen molar-refractivity contribution in [3.8, 4) is 0 Å². The van der Waals surface area contributed by atoms with Gasteiger partial charge >= 0.3 is 0 Å². The monoisotopic (exact) mass is 344 g/mol. The third kappa shape index (κ3) is 3.58. The van der Waals surface area contributed by atoms with E-state index in [1.165, 1.54) is 23.5 Å². The summed E-state index contributed by atoms with van der Waals surface area (Å²) in [5, 5.41) is 12.2. The van der Waals surface area contributed by atoms with E-state index in [0.29, 0.717) is 16.1 Å². The highest BCUT2D eigenvalue weighted by atomic mass is 32.1. The van der Waals surface area contributed by atoms with Gasteiger partial charge in [-0.05, 0) is 47.3 Å². The molecule has 2 amide bonds. The lowest BCUT2D eigenvalue weighted by molar-refractivity contribution is -0.115. The summed E-state index contributed by atoms with van der Waals surface area (Å²) >= 11 is 1.24. The minimum atomic E-state index is -0.571. The zero-order chi connectivity index (χ0) is 17.1. The molecule has 0 radical (unpaired) electrons. The Bertz CT molecular complexity index is 906. The van der Waals surface area contributed by atoms with Crippen molar-refractivity contribution >= 4 is 38.9 Å². The first-order valence-corrected chi connectivity index (χ1v) is 7.89. The highest BCUT2D eigenvalue weighted by molar-refractivity contribution is 7.20. The van der Waals surface area contributed by atoms with Crippen LogP contribution in [0.15, 0.2) is 48.5 Å². The molecular formula is C17H13FN2O3S. The maximum Gasteiger partial charge on any atom is 0.284 e. The van der Waals surface area contributed by atoms with Crippen LogP contribution in [0.25, 0.3) is 10.1 Å². The van der Waals surface area contributed by atoms with E-state index >= 15 is 0 Å². The van der Waals surface area contributed by atoms with Gasteiger partial charge in [0.25, 0.3) is 5.91 Å². The summed E-state index contributed by atoms with van der Waals surface area (Å²) in [5.74, 6) is -1.13. The number of nitrogens with one attached hydrogen (secondary N) is 2. The van der Waals surface area contributed by atoms with Crippen LogP contribution in [-0.4, -0.2) is 17.0 Å². The topological polar surface area (TPSA) is 78.4 Å². The lowest BCUT2D eigenvalue weighted by Crippen LogP contribution is -2.16. The van der Waals surface area contributed by atoms with Gasteiger partial charge in [-0.15, -0.1) is 11.3 Å². The van der Waals surface area contributed by atoms with E-state index in [1.807, 2.05) is 0 Å². The van der Waals surface area contributed by atoms with Crippen molar-refractivity contribution in [2.24, 2.45) is 0 Å². The van der Waals surface area contributed by atoms with Crippen molar-refractivity contribution in [3.05, 3.63) is 64.8 Å². The number of benzene rings is 2. The summed E-state index contributed by atoms with van der Waals surface area (Å²) in [6.07, 6.45) is 0.139. The first-order valence-electron chi connectivity index (χ1n) is 7.07. The van der Waals surface area contributed by atoms with E-state index in [4.69, 9.17) is 5.21 Å². The molecule has 0 aliphatic carbocycles. The van der Waals surface area contributed by atoms with Crippen molar-refractivity contribution in [2.75, 3.05) is 5.32 Å². The number of hydrogen-bond donors (Lipinski definition) is 3. The van der Waals surface area contributed by atoms with Gasteiger partial charge in [-0.3, -0.25) is 14.8 Å². The number of thiophene rings is 1. The normalized spacial score (nSPS) is 10.6. The van der Waals surface area contributed by atoms with Crippen molar-refractivity contribution < 1.29 is 19.2 Å². The second-order valence-corrected chi connectivity index (χ2v) is 6.24. The number of carbonyl (C=O) groups excluding carboxylic acids is 2. The molecule has 0 aliphatic heterocycles. The fourth-order valence-corrected chi connectivity index (χ4v) is 3.21. The van der Waals surface area contributed by atoms with Gasteiger partial charge < -0.3 is 5.32 Å². The molecule has 0 aliphatic rings. The Morgan fingerprint density at radius 1 is 1.08 bits per heavy atom. The number of carbonyl (C=O) groups is 2. The SMILES string of the molecule is O=C(Cc1ccc(F)cc1)Nc1ccc2sc(C(=O)NO)cc2c1. The minimum Gasteiger partial charge on any atom is -0.326 e. The van der Waals surface area contributed by atoms with Crippen LogP contribution in [0.3, 0.4) is 0 Å². The lowest BCUT2D eigenvalue weighted by Gasteiger charge is -2.05. The molecule has 3 rings (SSSR count). The number of fused-ring (bicyclic) bond motifs is 1. The summed E-state index contributed by atoms with van der Waals surface area (Å²) in [4.78, 5) is 23.9. The van der Waals surface area contributed by atoms with E-state index in [2.05, 4.69) is 5.32 Å². The highest BCUT2D eigenvalue weighted by Gasteiger charge is 2.10. The van der Waals surface area contributed by atoms with Gasteiger partial charge in [-0.2, -0.15) is 0 Å². The first-order chi connectivity index (χ1) is 11.5. The largest absolute Gasteiger partial charge is 0.326 e. The zero-order valence-corrected chi connectivity index (χ0v) is 13.2. The predicted octanol–water partition coefficient (Wildman–Crippen LogP) is 3.34. The van der Waals surface area contributed by atoms with Gasteiger partial charge in [0.1, 0.15) is 5.82 Å². The van der Waals surface area contributed by atoms with Crippen LogP contribution in [0, 0.1) is 5.82 Å². The third-order valence-electron chi connectivity index (χ3n) is 3.40. The first kappa shape index (κ1) is 16.1. The molecule has 2 aromatic carbocycles. The molecule has 3 aromatic rings. The van der Waals surface area contributed by atoms with Gasteiger partial charge in [0.05, 0.1) is 11.3 Å². The Morgan fingerprint density at radius 2 is 1.83 bits per heavy atom. The molecule has 0 bridgehead atoms. The van der Waals surface area contributed by atoms with Gasteiger partial charge in [-0.25, -0.2) is 9.87 Å². The standard InChI is InChI=1S/C17H13FN2O3S/c18-12-3-1-10(2-4-12)7-16(21)19-13-5-6-14-11(8-13)9-15(24-14)17(22)20-23/h1-6,8-9,23H,7H2,(H,19,21)(H,20,22). The van der Waals surface area contributed by atoms with Crippen LogP contribution < -0.4 is 10.8 Å². The molecule has 0 unspecified atom stereocenters. The molecule has 1 heterocycles. The number of rotatable bonds is 4. The van der Waals surface area contributed by atoms with E-state index < -0.39 is 5.91 Å². The maximum absolute atomic E-state index is 12.9. The molecule has 0 atom stereocenters. The molecule has 1 aromatic heterocycles. The van der Waals surface area contributed by atoms with Crippen LogP contribution in [0.5, 0.6) is 0 Å². The average Bonchev–Trinajstić information content (AvgIpc) is 2.99. The lowest BCUT2D eigenvalue weighted by atomic mass is 10.1. The van der Waals surface area contributed by atoms with Crippen LogP contribution in [0.4, 0.5) is 10.1 Å². The fourth-order valence-electron chi connectivity index (χ4n) is 2.28. The molecule has 7 heteroatoms. The van der Waals surface area contributed by atoms with Crippen molar-refractivity contribution in [3.63, 3.8) is 0 Å². The second kappa shape index (κ2) is 6.77. The molecule has 0 saturated heterocycles. The summed E-state index contributed by atoms with van der Waals surface area (Å²) in [7, 11) is 0. The van der Waals surface area contributed by atoms with Crippen molar-refractivity contribution in [1.82, 2.24) is 5.48 Å². The predicted molar refractivity (Wildman–Crippen MR) is 89.8 cm³/mol. The van der Waals surface area contributed by atoms with E-state index in [9.17, 15) is 14.0 Å². The van der Waals surface area contributed by atoms with Gasteiger partial charge in [0.15, 0.2) is 0 Å². The van der Waals surface area contributed by atoms with Gasteiger partial charge in [0, 0.05) is 10.4 Å². The van der Waals surface area contributed by atoms with Crippen LogP contribution >= 0.6 is 11.3 Å². The number of hydrogen-bond acceptors (Lipinski definition) is 4. The van der Waals surface area contributed by atoms with Crippen LogP contribution in [0.1, 0.15) is 15.2 Å². The summed E-state index contributed by atoms with van der Waals surface area (Å²) < 4.78 is 13.7. The van der Waals surface area contributed by atoms with Crippen LogP contribution in [-0.2, 0) is 11.2 Å². The van der Waals surface area contributed by atoms with E-state index in [1.54, 1.807) is 41.9 Å². The van der Waals surface area contributed by atoms with Gasteiger partial charge in [0.2, 0.25) is 5.91 Å².